The molecule has 0 aliphatic heterocycles. The van der Waals surface area contributed by atoms with Crippen LogP contribution < -0.4 is 4.74 Å². The first-order chi connectivity index (χ1) is 13.9. The summed E-state index contributed by atoms with van der Waals surface area (Å²) in [6, 6.07) is 16.8. The van der Waals surface area contributed by atoms with Crippen LogP contribution in [-0.2, 0) is 29.5 Å². The van der Waals surface area contributed by atoms with Gasteiger partial charge in [0.05, 0.1) is 12.0 Å². The molecule has 0 bridgehead atoms. The molecule has 0 unspecified atom stereocenters. The maximum atomic E-state index is 13.5. The van der Waals surface area contributed by atoms with Crippen molar-refractivity contribution in [3.8, 4) is 5.75 Å². The monoisotopic (exact) mass is 410 g/mol. The number of benzene rings is 2. The van der Waals surface area contributed by atoms with Crippen molar-refractivity contribution < 1.29 is 13.2 Å². The number of rotatable bonds is 8. The zero-order valence-electron chi connectivity index (χ0n) is 17.0. The second-order valence-electron chi connectivity index (χ2n) is 6.94. The van der Waals surface area contributed by atoms with E-state index in [1.807, 2.05) is 36.4 Å². The summed E-state index contributed by atoms with van der Waals surface area (Å²) in [6.45, 7) is 4.41. The Kier molecular flexibility index (Phi) is 6.67. The molecule has 1 heterocycles. The van der Waals surface area contributed by atoms with E-state index >= 15 is 0 Å². The lowest BCUT2D eigenvalue weighted by Gasteiger charge is -2.23. The molecule has 2 aromatic carbocycles. The van der Waals surface area contributed by atoms with Gasteiger partial charge < -0.3 is 4.74 Å². The number of nitrogens with zero attached hydrogens (tertiary/aromatic N) is 2. The third-order valence-corrected chi connectivity index (χ3v) is 6.82. The molecule has 3 rings (SSSR count). The molecule has 0 fully saturated rings. The lowest BCUT2D eigenvalue weighted by Crippen LogP contribution is -2.30. The molecule has 0 saturated carbocycles. The summed E-state index contributed by atoms with van der Waals surface area (Å²) in [7, 11) is -2.15. The molecule has 0 amide bonds. The fourth-order valence-corrected chi connectivity index (χ4v) is 4.80. The molecular weight excluding hydrogens is 384 g/mol. The van der Waals surface area contributed by atoms with Gasteiger partial charge in [-0.05, 0) is 59.9 Å². The van der Waals surface area contributed by atoms with E-state index in [0.717, 1.165) is 17.5 Å². The molecule has 1 aromatic heterocycles. The minimum atomic E-state index is -3.72. The lowest BCUT2D eigenvalue weighted by atomic mass is 10.1. The van der Waals surface area contributed by atoms with Crippen molar-refractivity contribution in [3.63, 3.8) is 0 Å². The van der Waals surface area contributed by atoms with E-state index in [4.69, 9.17) is 4.74 Å². The molecule has 3 aromatic rings. The fraction of sp³-hybridized carbons (Fsp3) is 0.261. The topological polar surface area (TPSA) is 59.5 Å². The van der Waals surface area contributed by atoms with E-state index < -0.39 is 10.0 Å². The Morgan fingerprint density at radius 1 is 0.966 bits per heavy atom. The van der Waals surface area contributed by atoms with Crippen LogP contribution in [0.4, 0.5) is 0 Å². The highest BCUT2D eigenvalue weighted by molar-refractivity contribution is 7.89. The van der Waals surface area contributed by atoms with E-state index in [9.17, 15) is 8.42 Å². The number of hydrogen-bond donors (Lipinski definition) is 0. The summed E-state index contributed by atoms with van der Waals surface area (Å²) in [5.41, 5.74) is 3.66. The van der Waals surface area contributed by atoms with Gasteiger partial charge in [-0.15, -0.1) is 0 Å². The van der Waals surface area contributed by atoms with Crippen molar-refractivity contribution in [2.24, 2.45) is 0 Å². The second-order valence-corrected chi connectivity index (χ2v) is 8.84. The normalized spacial score (nSPS) is 11.6. The van der Waals surface area contributed by atoms with E-state index in [1.165, 1.54) is 9.87 Å². The largest absolute Gasteiger partial charge is 0.497 e. The molecule has 0 aliphatic carbocycles. The van der Waals surface area contributed by atoms with E-state index in [2.05, 4.69) is 11.9 Å². The van der Waals surface area contributed by atoms with Gasteiger partial charge in [-0.1, -0.05) is 37.3 Å². The van der Waals surface area contributed by atoms with Crippen LogP contribution in [0.2, 0.25) is 0 Å². The molecule has 6 heteroatoms. The van der Waals surface area contributed by atoms with Gasteiger partial charge in [0.25, 0.3) is 0 Å². The van der Waals surface area contributed by atoms with Gasteiger partial charge in [-0.25, -0.2) is 8.42 Å². The van der Waals surface area contributed by atoms with Crippen molar-refractivity contribution in [2.75, 3.05) is 7.11 Å². The summed E-state index contributed by atoms with van der Waals surface area (Å²) < 4.78 is 33.8. The summed E-state index contributed by atoms with van der Waals surface area (Å²) in [5.74, 6) is 0.635. The summed E-state index contributed by atoms with van der Waals surface area (Å²) in [4.78, 5) is 4.41. The molecular formula is C23H26N2O3S. The maximum absolute atomic E-state index is 13.5. The summed E-state index contributed by atoms with van der Waals surface area (Å²) in [5, 5.41) is 0. The van der Waals surface area contributed by atoms with Crippen LogP contribution in [0.25, 0.3) is 0 Å². The van der Waals surface area contributed by atoms with Gasteiger partial charge >= 0.3 is 0 Å². The summed E-state index contributed by atoms with van der Waals surface area (Å²) >= 11 is 0. The minimum absolute atomic E-state index is 0.247. The highest BCUT2D eigenvalue weighted by Gasteiger charge is 2.27. The van der Waals surface area contributed by atoms with Gasteiger partial charge in [0.15, 0.2) is 0 Å². The van der Waals surface area contributed by atoms with Gasteiger partial charge in [0, 0.05) is 25.5 Å². The third-order valence-electron chi connectivity index (χ3n) is 4.87. The fourth-order valence-electron chi connectivity index (χ4n) is 3.18. The van der Waals surface area contributed by atoms with E-state index in [-0.39, 0.29) is 18.0 Å². The standard InChI is InChI=1S/C23H26N2O3S/c1-4-19-7-9-20(10-8-19)16-25(17-21-6-5-13-24-15-21)29(26,27)23-12-11-22(28-3)14-18(23)2/h5-15H,4,16-17H2,1-3H3. The van der Waals surface area contributed by atoms with Crippen LogP contribution in [0.1, 0.15) is 29.2 Å². The smallest absolute Gasteiger partial charge is 0.243 e. The predicted molar refractivity (Wildman–Crippen MR) is 114 cm³/mol. The highest BCUT2D eigenvalue weighted by Crippen LogP contribution is 2.26. The number of aryl methyl sites for hydroxylation is 2. The number of methoxy groups -OCH3 is 1. The summed E-state index contributed by atoms with van der Waals surface area (Å²) in [6.07, 6.45) is 4.33. The molecule has 0 spiro atoms. The van der Waals surface area contributed by atoms with Crippen molar-refractivity contribution in [1.82, 2.24) is 9.29 Å². The molecule has 152 valence electrons. The van der Waals surface area contributed by atoms with E-state index in [1.54, 1.807) is 44.6 Å². The Morgan fingerprint density at radius 3 is 2.24 bits per heavy atom. The first kappa shape index (κ1) is 21.0. The van der Waals surface area contributed by atoms with Crippen LogP contribution in [0.5, 0.6) is 5.75 Å². The van der Waals surface area contributed by atoms with Gasteiger partial charge in [0.1, 0.15) is 5.75 Å². The quantitative estimate of drug-likeness (QED) is 0.554. The zero-order chi connectivity index (χ0) is 20.9. The van der Waals surface area contributed by atoms with Crippen molar-refractivity contribution in [2.45, 2.75) is 38.3 Å². The average molecular weight is 411 g/mol. The first-order valence-electron chi connectivity index (χ1n) is 9.55. The predicted octanol–water partition coefficient (Wildman–Crippen LogP) is 4.35. The Bertz CT molecular complexity index is 1050. The molecule has 0 atom stereocenters. The zero-order valence-corrected chi connectivity index (χ0v) is 17.8. The number of pyridine rings is 1. The van der Waals surface area contributed by atoms with Crippen molar-refractivity contribution >= 4 is 10.0 Å². The molecule has 5 nitrogen and oxygen atoms in total. The molecule has 29 heavy (non-hydrogen) atoms. The van der Waals surface area contributed by atoms with E-state index in [0.29, 0.717) is 11.3 Å². The molecule has 0 aliphatic rings. The van der Waals surface area contributed by atoms with Gasteiger partial charge in [0.2, 0.25) is 10.0 Å². The number of sulfonamides is 1. The van der Waals surface area contributed by atoms with Crippen molar-refractivity contribution in [1.29, 1.82) is 0 Å². The molecule has 0 saturated heterocycles. The van der Waals surface area contributed by atoms with Crippen LogP contribution in [0.15, 0.2) is 71.9 Å². The Morgan fingerprint density at radius 2 is 1.66 bits per heavy atom. The second kappa shape index (κ2) is 9.20. The molecule has 0 N–H and O–H groups in total. The van der Waals surface area contributed by atoms with Crippen LogP contribution >= 0.6 is 0 Å². The lowest BCUT2D eigenvalue weighted by molar-refractivity contribution is 0.399. The van der Waals surface area contributed by atoms with Crippen LogP contribution in [0, 0.1) is 6.92 Å². The van der Waals surface area contributed by atoms with Crippen LogP contribution in [-0.4, -0.2) is 24.8 Å². The van der Waals surface area contributed by atoms with Gasteiger partial charge in [-0.2, -0.15) is 4.31 Å². The number of hydrogen-bond acceptors (Lipinski definition) is 4. The third kappa shape index (κ3) is 5.02. The average Bonchev–Trinajstić information content (AvgIpc) is 2.74. The Hall–Kier alpha value is -2.70. The van der Waals surface area contributed by atoms with Crippen LogP contribution in [0.3, 0.4) is 0 Å². The Balaban J connectivity index is 1.98. The maximum Gasteiger partial charge on any atom is 0.243 e. The van der Waals surface area contributed by atoms with Gasteiger partial charge in [-0.3, -0.25) is 4.98 Å². The molecule has 0 radical (unpaired) electrons. The van der Waals surface area contributed by atoms with Crippen molar-refractivity contribution in [3.05, 3.63) is 89.2 Å². The SMILES string of the molecule is CCc1ccc(CN(Cc2cccnc2)S(=O)(=O)c2ccc(OC)cc2C)cc1. The highest BCUT2D eigenvalue weighted by atomic mass is 32.2. The first-order valence-corrected chi connectivity index (χ1v) is 11.0. The Labute approximate surface area is 173 Å². The number of aromatic nitrogens is 1. The minimum Gasteiger partial charge on any atom is -0.497 e. The number of ether oxygens (including phenoxy) is 1.